The van der Waals surface area contributed by atoms with Crippen LogP contribution >= 0.6 is 0 Å². The van der Waals surface area contributed by atoms with Crippen LogP contribution in [0.1, 0.15) is 32.0 Å². The Morgan fingerprint density at radius 2 is 2.16 bits per heavy atom. The van der Waals surface area contributed by atoms with E-state index in [1.165, 1.54) is 6.07 Å². The fourth-order valence-electron chi connectivity index (χ4n) is 3.97. The average molecular weight is 428 g/mol. The molecule has 3 N–H and O–H groups in total. The zero-order valence-corrected chi connectivity index (χ0v) is 17.4. The van der Waals surface area contributed by atoms with Gasteiger partial charge in [-0.05, 0) is 32.4 Å². The fraction of sp³-hybridized carbons (Fsp3) is 0.409. The van der Waals surface area contributed by atoms with Gasteiger partial charge in [0.1, 0.15) is 5.69 Å². The molecule has 164 valence electrons. The summed E-state index contributed by atoms with van der Waals surface area (Å²) >= 11 is 0. The van der Waals surface area contributed by atoms with Crippen LogP contribution in [0.25, 0.3) is 22.2 Å². The highest BCUT2D eigenvalue weighted by Gasteiger charge is 2.24. The SMILES string of the molecule is CC(C)n1c(CO)cc(=O)c2ccc(-c3nc(N[C@@H]4CCOC[C@H]4O)ncc3F)cc21. The number of nitrogens with zero attached hydrogens (tertiary/aromatic N) is 3. The molecule has 31 heavy (non-hydrogen) atoms. The van der Waals surface area contributed by atoms with Gasteiger partial charge in [0.2, 0.25) is 5.95 Å². The van der Waals surface area contributed by atoms with Gasteiger partial charge in [0.15, 0.2) is 11.2 Å². The van der Waals surface area contributed by atoms with E-state index in [2.05, 4.69) is 15.3 Å². The fourth-order valence-corrected chi connectivity index (χ4v) is 3.97. The van der Waals surface area contributed by atoms with Crippen LogP contribution in [0, 0.1) is 5.82 Å². The maximum Gasteiger partial charge on any atom is 0.223 e. The van der Waals surface area contributed by atoms with E-state index in [-0.39, 0.29) is 42.4 Å². The number of fused-ring (bicyclic) bond motifs is 1. The zero-order valence-electron chi connectivity index (χ0n) is 17.4. The summed E-state index contributed by atoms with van der Waals surface area (Å²) in [5.74, 6) is -0.401. The third-order valence-electron chi connectivity index (χ3n) is 5.47. The lowest BCUT2D eigenvalue weighted by atomic mass is 10.1. The van der Waals surface area contributed by atoms with Gasteiger partial charge < -0.3 is 24.8 Å². The van der Waals surface area contributed by atoms with Gasteiger partial charge >= 0.3 is 0 Å². The summed E-state index contributed by atoms with van der Waals surface area (Å²) in [5, 5.41) is 23.3. The number of aliphatic hydroxyl groups excluding tert-OH is 2. The molecular formula is C22H25FN4O4. The van der Waals surface area contributed by atoms with Crippen molar-refractivity contribution >= 4 is 16.9 Å². The number of hydrogen-bond acceptors (Lipinski definition) is 7. The highest BCUT2D eigenvalue weighted by Crippen LogP contribution is 2.27. The van der Waals surface area contributed by atoms with Crippen molar-refractivity contribution < 1.29 is 19.3 Å². The third kappa shape index (κ3) is 4.16. The normalized spacial score (nSPS) is 19.2. The molecule has 3 aromatic rings. The van der Waals surface area contributed by atoms with Crippen LogP contribution in [0.15, 0.2) is 35.3 Å². The predicted octanol–water partition coefficient (Wildman–Crippen LogP) is 2.23. The number of aliphatic hydroxyl groups is 2. The Hall–Kier alpha value is -2.88. The highest BCUT2D eigenvalue weighted by molar-refractivity contribution is 5.84. The molecular weight excluding hydrogens is 403 g/mol. The van der Waals surface area contributed by atoms with Crippen LogP contribution < -0.4 is 10.7 Å². The second kappa shape index (κ2) is 8.70. The molecule has 1 aliphatic rings. The van der Waals surface area contributed by atoms with E-state index in [0.29, 0.717) is 35.2 Å². The van der Waals surface area contributed by atoms with Gasteiger partial charge in [0.05, 0.1) is 37.1 Å². The molecule has 1 fully saturated rings. The Kier molecular flexibility index (Phi) is 5.99. The first kappa shape index (κ1) is 21.4. The van der Waals surface area contributed by atoms with Crippen LogP contribution in [0.5, 0.6) is 0 Å². The summed E-state index contributed by atoms with van der Waals surface area (Å²) in [5.41, 5.74) is 1.44. The average Bonchev–Trinajstić information content (AvgIpc) is 2.75. The molecule has 0 bridgehead atoms. The Bertz CT molecular complexity index is 1160. The Morgan fingerprint density at radius 3 is 2.87 bits per heavy atom. The standard InChI is InChI=1S/C22H25FN4O4/c1-12(2)27-14(10-28)8-19(29)15-4-3-13(7-18(15)27)21-16(23)9-24-22(26-21)25-17-5-6-31-11-20(17)30/h3-4,7-9,12,17,20,28,30H,5-6,10-11H2,1-2H3,(H,24,25,26)/t17-,20-/m1/s1. The van der Waals surface area contributed by atoms with Gasteiger partial charge in [-0.3, -0.25) is 4.79 Å². The van der Waals surface area contributed by atoms with Gasteiger partial charge in [-0.1, -0.05) is 6.07 Å². The van der Waals surface area contributed by atoms with Crippen molar-refractivity contribution in [3.8, 4) is 11.3 Å². The minimum absolute atomic E-state index is 0.0250. The van der Waals surface area contributed by atoms with E-state index < -0.39 is 11.9 Å². The van der Waals surface area contributed by atoms with Crippen molar-refractivity contribution in [2.75, 3.05) is 18.5 Å². The van der Waals surface area contributed by atoms with E-state index in [4.69, 9.17) is 4.74 Å². The molecule has 0 amide bonds. The van der Waals surface area contributed by atoms with E-state index in [1.54, 1.807) is 18.2 Å². The molecule has 2 aromatic heterocycles. The van der Waals surface area contributed by atoms with E-state index in [9.17, 15) is 19.4 Å². The maximum absolute atomic E-state index is 14.7. The molecule has 8 nitrogen and oxygen atoms in total. The molecule has 0 saturated carbocycles. The number of rotatable bonds is 5. The number of aromatic nitrogens is 3. The summed E-state index contributed by atoms with van der Waals surface area (Å²) in [6.07, 6.45) is 0.960. The lowest BCUT2D eigenvalue weighted by Crippen LogP contribution is -2.42. The third-order valence-corrected chi connectivity index (χ3v) is 5.47. The van der Waals surface area contributed by atoms with Crippen molar-refractivity contribution in [2.24, 2.45) is 0 Å². The molecule has 0 spiro atoms. The van der Waals surface area contributed by atoms with Crippen LogP contribution in [0.4, 0.5) is 10.3 Å². The molecule has 3 heterocycles. The summed E-state index contributed by atoms with van der Waals surface area (Å²) in [7, 11) is 0. The van der Waals surface area contributed by atoms with Gasteiger partial charge in [0, 0.05) is 35.4 Å². The number of pyridine rings is 1. The smallest absolute Gasteiger partial charge is 0.223 e. The molecule has 1 aliphatic heterocycles. The lowest BCUT2D eigenvalue weighted by molar-refractivity contribution is -0.0136. The Morgan fingerprint density at radius 1 is 1.35 bits per heavy atom. The number of anilines is 1. The Balaban J connectivity index is 1.79. The van der Waals surface area contributed by atoms with Gasteiger partial charge in [0.25, 0.3) is 0 Å². The summed E-state index contributed by atoms with van der Waals surface area (Å²) in [4.78, 5) is 20.8. The molecule has 9 heteroatoms. The summed E-state index contributed by atoms with van der Waals surface area (Å²) in [6, 6.07) is 6.10. The number of halogens is 1. The maximum atomic E-state index is 14.7. The summed E-state index contributed by atoms with van der Waals surface area (Å²) < 4.78 is 21.7. The molecule has 0 radical (unpaired) electrons. The minimum atomic E-state index is -0.705. The van der Waals surface area contributed by atoms with Crippen LogP contribution in [-0.4, -0.2) is 50.1 Å². The molecule has 1 aromatic carbocycles. The lowest BCUT2D eigenvalue weighted by Gasteiger charge is -2.28. The molecule has 0 unspecified atom stereocenters. The van der Waals surface area contributed by atoms with Crippen molar-refractivity contribution in [1.29, 1.82) is 0 Å². The van der Waals surface area contributed by atoms with E-state index in [0.717, 1.165) is 6.20 Å². The molecule has 2 atom stereocenters. The zero-order chi connectivity index (χ0) is 22.1. The van der Waals surface area contributed by atoms with E-state index >= 15 is 0 Å². The Labute approximate surface area is 178 Å². The largest absolute Gasteiger partial charge is 0.390 e. The van der Waals surface area contributed by atoms with Crippen molar-refractivity contribution in [3.63, 3.8) is 0 Å². The number of hydrogen-bond donors (Lipinski definition) is 3. The monoisotopic (exact) mass is 428 g/mol. The second-order valence-electron chi connectivity index (χ2n) is 7.93. The van der Waals surface area contributed by atoms with E-state index in [1.807, 2.05) is 18.4 Å². The van der Waals surface area contributed by atoms with Crippen molar-refractivity contribution in [2.45, 2.75) is 45.1 Å². The van der Waals surface area contributed by atoms with Crippen LogP contribution in [0.2, 0.25) is 0 Å². The number of benzene rings is 1. The topological polar surface area (TPSA) is 110 Å². The van der Waals surface area contributed by atoms with Crippen LogP contribution in [0.3, 0.4) is 0 Å². The van der Waals surface area contributed by atoms with Crippen LogP contribution in [-0.2, 0) is 11.3 Å². The molecule has 0 aliphatic carbocycles. The van der Waals surface area contributed by atoms with Gasteiger partial charge in [-0.25, -0.2) is 14.4 Å². The first-order valence-corrected chi connectivity index (χ1v) is 10.2. The van der Waals surface area contributed by atoms with Crippen molar-refractivity contribution in [3.05, 3.63) is 52.2 Å². The first-order chi connectivity index (χ1) is 14.9. The second-order valence-corrected chi connectivity index (χ2v) is 7.93. The highest BCUT2D eigenvalue weighted by atomic mass is 19.1. The first-order valence-electron chi connectivity index (χ1n) is 10.2. The van der Waals surface area contributed by atoms with Gasteiger partial charge in [-0.15, -0.1) is 0 Å². The predicted molar refractivity (Wildman–Crippen MR) is 114 cm³/mol. The molecule has 4 rings (SSSR count). The van der Waals surface area contributed by atoms with Gasteiger partial charge in [-0.2, -0.15) is 0 Å². The molecule has 1 saturated heterocycles. The minimum Gasteiger partial charge on any atom is -0.390 e. The number of ether oxygens (including phenoxy) is 1. The van der Waals surface area contributed by atoms with Crippen molar-refractivity contribution in [1.82, 2.24) is 14.5 Å². The summed E-state index contributed by atoms with van der Waals surface area (Å²) in [6.45, 7) is 4.34. The quantitative estimate of drug-likeness (QED) is 0.572. The number of nitrogens with one attached hydrogen (secondary N) is 1.